The summed E-state index contributed by atoms with van der Waals surface area (Å²) >= 11 is 0. The number of aryl methyl sites for hydroxylation is 1. The van der Waals surface area contributed by atoms with Gasteiger partial charge in [0.25, 0.3) is 0 Å². The van der Waals surface area contributed by atoms with Crippen LogP contribution in [-0.4, -0.2) is 27.8 Å². The number of hydrogen-bond acceptors (Lipinski definition) is 4. The average molecular weight is 296 g/mol. The van der Waals surface area contributed by atoms with Crippen LogP contribution in [0.1, 0.15) is 37.8 Å². The van der Waals surface area contributed by atoms with Crippen molar-refractivity contribution in [2.45, 2.75) is 37.8 Å². The van der Waals surface area contributed by atoms with Gasteiger partial charge in [0.1, 0.15) is 11.4 Å². The maximum atomic E-state index is 6.96. The van der Waals surface area contributed by atoms with Crippen LogP contribution in [0.15, 0.2) is 11.3 Å². The lowest BCUT2D eigenvalue weighted by molar-refractivity contribution is 0.0230. The van der Waals surface area contributed by atoms with Gasteiger partial charge in [-0.2, -0.15) is 0 Å². The van der Waals surface area contributed by atoms with Gasteiger partial charge in [0, 0.05) is 19.5 Å². The fourth-order valence-electron chi connectivity index (χ4n) is 4.60. The molecule has 3 aliphatic rings. The van der Waals surface area contributed by atoms with E-state index >= 15 is 0 Å². The van der Waals surface area contributed by atoms with Crippen molar-refractivity contribution in [2.24, 2.45) is 29.1 Å². The highest BCUT2D eigenvalue weighted by Crippen LogP contribution is 2.62. The molecule has 1 aliphatic heterocycles. The molecule has 1 unspecified atom stereocenters. The Balaban J connectivity index is 0.00000121. The summed E-state index contributed by atoms with van der Waals surface area (Å²) in [6.45, 7) is 0. The molecule has 1 aromatic rings. The zero-order valence-electron chi connectivity index (χ0n) is 12.0. The third kappa shape index (κ3) is 1.42. The summed E-state index contributed by atoms with van der Waals surface area (Å²) in [6, 6.07) is 0. The first-order valence-electron chi connectivity index (χ1n) is 7.15. The quantitative estimate of drug-likeness (QED) is 0.863. The second-order valence-electron chi connectivity index (χ2n) is 6.58. The molecular formula is C14H22ClN5. The van der Waals surface area contributed by atoms with Gasteiger partial charge in [-0.3, -0.25) is 0 Å². The molecule has 0 spiro atoms. The van der Waals surface area contributed by atoms with E-state index in [-0.39, 0.29) is 17.8 Å². The molecule has 20 heavy (non-hydrogen) atoms. The molecule has 0 aromatic carbocycles. The van der Waals surface area contributed by atoms with Crippen LogP contribution in [0, 0.1) is 11.3 Å². The number of aromatic nitrogens is 2. The first-order valence-corrected chi connectivity index (χ1v) is 7.15. The van der Waals surface area contributed by atoms with Crippen molar-refractivity contribution < 1.29 is 0 Å². The van der Waals surface area contributed by atoms with Crippen molar-refractivity contribution in [2.75, 3.05) is 7.05 Å². The minimum atomic E-state index is -0.489. The van der Waals surface area contributed by atoms with Crippen molar-refractivity contribution >= 4 is 24.6 Å². The van der Waals surface area contributed by atoms with E-state index in [1.807, 2.05) is 31.3 Å². The molecule has 5 nitrogen and oxygen atoms in total. The van der Waals surface area contributed by atoms with Gasteiger partial charge >= 0.3 is 0 Å². The number of rotatable bonds is 1. The number of nitrogens with zero attached hydrogens (tertiary/aromatic N) is 4. The molecular weight excluding hydrogens is 274 g/mol. The number of hydrogen-bond donors (Lipinski definition) is 1. The summed E-state index contributed by atoms with van der Waals surface area (Å²) in [4.78, 5) is 11.2. The average Bonchev–Trinajstić information content (AvgIpc) is 3.09. The highest BCUT2D eigenvalue weighted by atomic mass is 35.5. The number of aliphatic imine (C=N–C) groups is 1. The molecule has 1 atom stereocenters. The minimum absolute atomic E-state index is 0. The Morgan fingerprint density at radius 1 is 1.30 bits per heavy atom. The van der Waals surface area contributed by atoms with Crippen LogP contribution in [-0.2, 0) is 12.7 Å². The maximum Gasteiger partial charge on any atom is 0.160 e. The monoisotopic (exact) mass is 295 g/mol. The van der Waals surface area contributed by atoms with E-state index in [2.05, 4.69) is 14.9 Å². The lowest BCUT2D eigenvalue weighted by Gasteiger charge is -2.50. The SMILES string of the molecule is CN1C=Nc2c(ncn2C)C1(N)C12CCC(CC1)C2.Cl. The summed E-state index contributed by atoms with van der Waals surface area (Å²) in [5.74, 6) is 1.80. The number of halogens is 1. The Bertz CT molecular complexity index is 558. The molecule has 2 aliphatic carbocycles. The lowest BCUT2D eigenvalue weighted by atomic mass is 9.70. The first kappa shape index (κ1) is 13.9. The smallest absolute Gasteiger partial charge is 0.160 e. The van der Waals surface area contributed by atoms with Crippen molar-refractivity contribution in [3.05, 3.63) is 12.0 Å². The van der Waals surface area contributed by atoms with E-state index in [9.17, 15) is 0 Å². The van der Waals surface area contributed by atoms with Gasteiger partial charge in [-0.1, -0.05) is 0 Å². The molecule has 0 radical (unpaired) electrons. The van der Waals surface area contributed by atoms with Crippen molar-refractivity contribution in [3.63, 3.8) is 0 Å². The highest BCUT2D eigenvalue weighted by molar-refractivity contribution is 5.85. The molecule has 2 saturated carbocycles. The molecule has 6 heteroatoms. The van der Waals surface area contributed by atoms with E-state index in [0.717, 1.165) is 17.4 Å². The summed E-state index contributed by atoms with van der Waals surface area (Å²) < 4.78 is 1.97. The fourth-order valence-corrected chi connectivity index (χ4v) is 4.60. The summed E-state index contributed by atoms with van der Waals surface area (Å²) in [5.41, 5.74) is 7.62. The standard InChI is InChI=1S/C14H21N5.ClH/c1-18-8-16-11-12(18)17-9-19(2)14(11,15)13-5-3-10(7-13)4-6-13;/h8-10H,3-7,15H2,1-2H3;1H. The van der Waals surface area contributed by atoms with E-state index in [0.29, 0.717) is 0 Å². The lowest BCUT2D eigenvalue weighted by Crippen LogP contribution is -2.62. The number of nitrogens with two attached hydrogens (primary N) is 1. The van der Waals surface area contributed by atoms with Crippen LogP contribution in [0.4, 0.5) is 5.82 Å². The highest BCUT2D eigenvalue weighted by Gasteiger charge is 2.61. The predicted molar refractivity (Wildman–Crippen MR) is 81.2 cm³/mol. The largest absolute Gasteiger partial charge is 0.342 e. The summed E-state index contributed by atoms with van der Waals surface area (Å²) in [7, 11) is 4.03. The predicted octanol–water partition coefficient (Wildman–Crippen LogP) is 2.14. The van der Waals surface area contributed by atoms with Crippen molar-refractivity contribution in [1.82, 2.24) is 14.5 Å². The third-order valence-electron chi connectivity index (χ3n) is 5.73. The third-order valence-corrected chi connectivity index (χ3v) is 5.73. The van der Waals surface area contributed by atoms with Gasteiger partial charge in [0.2, 0.25) is 0 Å². The van der Waals surface area contributed by atoms with Crippen LogP contribution >= 0.6 is 12.4 Å². The topological polar surface area (TPSA) is 59.4 Å². The molecule has 0 amide bonds. The van der Waals surface area contributed by atoms with Crippen LogP contribution in [0.25, 0.3) is 0 Å². The number of imidazole rings is 1. The summed E-state index contributed by atoms with van der Waals surface area (Å²) in [6.07, 6.45) is 10.1. The molecule has 2 N–H and O–H groups in total. The van der Waals surface area contributed by atoms with Crippen molar-refractivity contribution in [3.8, 4) is 0 Å². The zero-order chi connectivity index (χ0) is 13.3. The van der Waals surface area contributed by atoms with Crippen molar-refractivity contribution in [1.29, 1.82) is 0 Å². The van der Waals surface area contributed by atoms with Gasteiger partial charge in [0.15, 0.2) is 5.82 Å². The molecule has 2 fully saturated rings. The number of fused-ring (bicyclic) bond motifs is 3. The molecule has 110 valence electrons. The Morgan fingerprint density at radius 3 is 2.60 bits per heavy atom. The van der Waals surface area contributed by atoms with Gasteiger partial charge in [-0.15, -0.1) is 12.4 Å². The molecule has 2 bridgehead atoms. The van der Waals surface area contributed by atoms with Crippen LogP contribution in [0.3, 0.4) is 0 Å². The minimum Gasteiger partial charge on any atom is -0.342 e. The fraction of sp³-hybridized carbons (Fsp3) is 0.714. The Labute approximate surface area is 125 Å². The van der Waals surface area contributed by atoms with Crippen LogP contribution < -0.4 is 5.73 Å². The zero-order valence-corrected chi connectivity index (χ0v) is 12.9. The van der Waals surface area contributed by atoms with Gasteiger partial charge in [-0.25, -0.2) is 9.98 Å². The van der Waals surface area contributed by atoms with E-state index < -0.39 is 5.66 Å². The van der Waals surface area contributed by atoms with Crippen LogP contribution in [0.5, 0.6) is 0 Å². The normalized spacial score (nSPS) is 38.0. The van der Waals surface area contributed by atoms with Crippen LogP contribution in [0.2, 0.25) is 0 Å². The molecule has 0 saturated heterocycles. The first-order chi connectivity index (χ1) is 9.07. The van der Waals surface area contributed by atoms with Gasteiger partial charge in [-0.05, 0) is 38.0 Å². The molecule has 2 heterocycles. The van der Waals surface area contributed by atoms with E-state index in [1.54, 1.807) is 0 Å². The van der Waals surface area contributed by atoms with E-state index in [1.165, 1.54) is 32.1 Å². The Kier molecular flexibility index (Phi) is 2.93. The Morgan fingerprint density at radius 2 is 2.00 bits per heavy atom. The molecule has 4 rings (SSSR count). The van der Waals surface area contributed by atoms with Gasteiger partial charge in [0.05, 0.1) is 12.7 Å². The maximum absolute atomic E-state index is 6.96. The van der Waals surface area contributed by atoms with Gasteiger partial charge < -0.3 is 15.2 Å². The summed E-state index contributed by atoms with van der Waals surface area (Å²) in [5, 5.41) is 0. The molecule has 1 aromatic heterocycles. The Hall–Kier alpha value is -1.07. The second kappa shape index (κ2) is 4.21. The van der Waals surface area contributed by atoms with E-state index in [4.69, 9.17) is 5.73 Å². The second-order valence-corrected chi connectivity index (χ2v) is 6.58.